The Kier molecular flexibility index (Phi) is 4.34. The number of aliphatic hydroxyl groups is 1. The van der Waals surface area contributed by atoms with Gasteiger partial charge in [0.05, 0.1) is 32.5 Å². The quantitative estimate of drug-likeness (QED) is 0.656. The van der Waals surface area contributed by atoms with Gasteiger partial charge in [0.25, 0.3) is 10.2 Å². The number of aliphatic hydroxyl groups excluding tert-OH is 1. The third kappa shape index (κ3) is 2.95. The molecule has 0 amide bonds. The summed E-state index contributed by atoms with van der Waals surface area (Å²) in [6.45, 7) is 2.39. The second kappa shape index (κ2) is 5.59. The minimum Gasteiger partial charge on any atom is -0.394 e. The van der Waals surface area contributed by atoms with Crippen LogP contribution >= 0.6 is 0 Å². The molecule has 0 aromatic heterocycles. The van der Waals surface area contributed by atoms with E-state index in [2.05, 4.69) is 0 Å². The normalized spacial score (nSPS) is 29.4. The molecule has 17 heavy (non-hydrogen) atoms. The Bertz CT molecular complexity index is 341. The van der Waals surface area contributed by atoms with Gasteiger partial charge < -0.3 is 14.6 Å². The third-order valence-corrected chi connectivity index (χ3v) is 4.93. The van der Waals surface area contributed by atoms with Crippen LogP contribution in [0.15, 0.2) is 0 Å². The lowest BCUT2D eigenvalue weighted by Gasteiger charge is -2.36. The Balaban J connectivity index is 2.03. The largest absolute Gasteiger partial charge is 0.394 e. The topological polar surface area (TPSA) is 79.3 Å². The van der Waals surface area contributed by atoms with Gasteiger partial charge in [0.1, 0.15) is 0 Å². The number of nitrogens with zero attached hydrogens (tertiary/aromatic N) is 2. The number of morpholine rings is 2. The number of ether oxygens (including phenoxy) is 2. The van der Waals surface area contributed by atoms with E-state index in [4.69, 9.17) is 14.6 Å². The van der Waals surface area contributed by atoms with E-state index < -0.39 is 16.3 Å². The predicted molar refractivity (Wildman–Crippen MR) is 59.7 cm³/mol. The summed E-state index contributed by atoms with van der Waals surface area (Å²) in [5, 5.41) is 9.00. The highest BCUT2D eigenvalue weighted by Crippen LogP contribution is 2.15. The SMILES string of the molecule is O=S(=O)(N1CCOCC1)N1CCOC(CO)C1. The second-order valence-electron chi connectivity index (χ2n) is 4.05. The van der Waals surface area contributed by atoms with Crippen LogP contribution < -0.4 is 0 Å². The van der Waals surface area contributed by atoms with Gasteiger partial charge in [-0.2, -0.15) is 17.0 Å². The van der Waals surface area contributed by atoms with Gasteiger partial charge in [0.15, 0.2) is 0 Å². The van der Waals surface area contributed by atoms with Crippen molar-refractivity contribution in [1.82, 2.24) is 8.61 Å². The molecule has 0 aromatic carbocycles. The van der Waals surface area contributed by atoms with E-state index in [-0.39, 0.29) is 13.2 Å². The molecule has 2 saturated heterocycles. The van der Waals surface area contributed by atoms with Crippen LogP contribution in [0.2, 0.25) is 0 Å². The lowest BCUT2D eigenvalue weighted by Crippen LogP contribution is -2.54. The number of rotatable bonds is 3. The maximum absolute atomic E-state index is 12.3. The van der Waals surface area contributed by atoms with Crippen molar-refractivity contribution in [3.63, 3.8) is 0 Å². The van der Waals surface area contributed by atoms with Crippen molar-refractivity contribution in [2.75, 3.05) is 52.6 Å². The Morgan fingerprint density at radius 1 is 1.12 bits per heavy atom. The van der Waals surface area contributed by atoms with Crippen LogP contribution in [0.1, 0.15) is 0 Å². The van der Waals surface area contributed by atoms with Crippen molar-refractivity contribution in [3.05, 3.63) is 0 Å². The maximum atomic E-state index is 12.3. The fraction of sp³-hybridized carbons (Fsp3) is 1.00. The lowest BCUT2D eigenvalue weighted by atomic mass is 10.3. The Morgan fingerprint density at radius 2 is 1.76 bits per heavy atom. The highest BCUT2D eigenvalue weighted by Gasteiger charge is 2.34. The van der Waals surface area contributed by atoms with E-state index >= 15 is 0 Å². The van der Waals surface area contributed by atoms with Crippen molar-refractivity contribution < 1.29 is 23.0 Å². The summed E-state index contributed by atoms with van der Waals surface area (Å²) in [5.74, 6) is 0. The van der Waals surface area contributed by atoms with E-state index in [1.165, 1.54) is 8.61 Å². The first-order valence-corrected chi connectivity index (χ1v) is 7.09. The fourth-order valence-electron chi connectivity index (χ4n) is 1.95. The van der Waals surface area contributed by atoms with Gasteiger partial charge in [-0.1, -0.05) is 0 Å². The summed E-state index contributed by atoms with van der Waals surface area (Å²) in [5.41, 5.74) is 0. The average Bonchev–Trinajstić information content (AvgIpc) is 2.40. The Labute approximate surface area is 101 Å². The van der Waals surface area contributed by atoms with Gasteiger partial charge in [0, 0.05) is 26.2 Å². The first-order valence-electron chi connectivity index (χ1n) is 5.70. The first kappa shape index (κ1) is 13.2. The zero-order valence-electron chi connectivity index (χ0n) is 9.62. The monoisotopic (exact) mass is 266 g/mol. The van der Waals surface area contributed by atoms with Gasteiger partial charge >= 0.3 is 0 Å². The van der Waals surface area contributed by atoms with Crippen molar-refractivity contribution in [2.24, 2.45) is 0 Å². The fourth-order valence-corrected chi connectivity index (χ4v) is 3.55. The lowest BCUT2D eigenvalue weighted by molar-refractivity contribution is -0.0327. The smallest absolute Gasteiger partial charge is 0.282 e. The van der Waals surface area contributed by atoms with Gasteiger partial charge in [-0.25, -0.2) is 0 Å². The number of hydrogen-bond acceptors (Lipinski definition) is 5. The van der Waals surface area contributed by atoms with Crippen LogP contribution in [0.4, 0.5) is 0 Å². The Morgan fingerprint density at radius 3 is 2.41 bits per heavy atom. The van der Waals surface area contributed by atoms with Crippen LogP contribution in [-0.2, 0) is 19.7 Å². The van der Waals surface area contributed by atoms with Gasteiger partial charge in [-0.3, -0.25) is 0 Å². The maximum Gasteiger partial charge on any atom is 0.282 e. The van der Waals surface area contributed by atoms with Gasteiger partial charge in [0.2, 0.25) is 0 Å². The molecule has 7 nitrogen and oxygen atoms in total. The zero-order chi connectivity index (χ0) is 12.3. The summed E-state index contributed by atoms with van der Waals surface area (Å²) >= 11 is 0. The molecular formula is C9H18N2O5S. The molecular weight excluding hydrogens is 248 g/mol. The van der Waals surface area contributed by atoms with Crippen molar-refractivity contribution in [2.45, 2.75) is 6.10 Å². The highest BCUT2D eigenvalue weighted by molar-refractivity contribution is 7.86. The summed E-state index contributed by atoms with van der Waals surface area (Å²) in [6, 6.07) is 0. The van der Waals surface area contributed by atoms with Crippen LogP contribution in [0.5, 0.6) is 0 Å². The highest BCUT2D eigenvalue weighted by atomic mass is 32.2. The van der Waals surface area contributed by atoms with Gasteiger partial charge in [-0.15, -0.1) is 0 Å². The standard InChI is InChI=1S/C9H18N2O5S/c12-8-9-7-11(3-6-16-9)17(13,14)10-1-4-15-5-2-10/h9,12H,1-8H2. The van der Waals surface area contributed by atoms with E-state index in [1.54, 1.807) is 0 Å². The summed E-state index contributed by atoms with van der Waals surface area (Å²) in [6.07, 6.45) is -0.417. The van der Waals surface area contributed by atoms with Crippen LogP contribution in [0.3, 0.4) is 0 Å². The molecule has 0 spiro atoms. The van der Waals surface area contributed by atoms with E-state index in [1.807, 2.05) is 0 Å². The molecule has 8 heteroatoms. The first-order chi connectivity index (χ1) is 8.14. The molecule has 0 radical (unpaired) electrons. The molecule has 0 bridgehead atoms. The van der Waals surface area contributed by atoms with Crippen LogP contribution in [-0.4, -0.2) is 80.8 Å². The van der Waals surface area contributed by atoms with E-state index in [0.717, 1.165) is 0 Å². The molecule has 2 fully saturated rings. The molecule has 2 heterocycles. The molecule has 2 rings (SSSR count). The molecule has 1 atom stereocenters. The summed E-state index contributed by atoms with van der Waals surface area (Å²) < 4.78 is 37.7. The molecule has 0 aromatic rings. The summed E-state index contributed by atoms with van der Waals surface area (Å²) in [4.78, 5) is 0. The minimum absolute atomic E-state index is 0.158. The third-order valence-electron chi connectivity index (χ3n) is 2.93. The average molecular weight is 266 g/mol. The summed E-state index contributed by atoms with van der Waals surface area (Å²) in [7, 11) is -3.43. The minimum atomic E-state index is -3.43. The molecule has 0 saturated carbocycles. The Hall–Kier alpha value is -0.250. The molecule has 2 aliphatic rings. The molecule has 2 aliphatic heterocycles. The van der Waals surface area contributed by atoms with Crippen molar-refractivity contribution in [1.29, 1.82) is 0 Å². The molecule has 0 aliphatic carbocycles. The number of hydrogen-bond donors (Lipinski definition) is 1. The van der Waals surface area contributed by atoms with E-state index in [9.17, 15) is 8.42 Å². The van der Waals surface area contributed by atoms with E-state index in [0.29, 0.717) is 39.5 Å². The second-order valence-corrected chi connectivity index (χ2v) is 5.98. The van der Waals surface area contributed by atoms with Crippen LogP contribution in [0, 0.1) is 0 Å². The zero-order valence-corrected chi connectivity index (χ0v) is 10.4. The molecule has 1 unspecified atom stereocenters. The molecule has 100 valence electrons. The van der Waals surface area contributed by atoms with Crippen LogP contribution in [0.25, 0.3) is 0 Å². The molecule has 1 N–H and O–H groups in total. The van der Waals surface area contributed by atoms with Gasteiger partial charge in [-0.05, 0) is 0 Å². The van der Waals surface area contributed by atoms with Crippen molar-refractivity contribution in [3.8, 4) is 0 Å². The predicted octanol–water partition coefficient (Wildman–Crippen LogP) is -1.74. The van der Waals surface area contributed by atoms with Crippen molar-refractivity contribution >= 4 is 10.2 Å².